The number of carbonyl (C=O) groups is 1. The fourth-order valence-electron chi connectivity index (χ4n) is 3.59. The molecule has 0 aliphatic rings. The van der Waals surface area contributed by atoms with Gasteiger partial charge in [0.25, 0.3) is 5.91 Å². The van der Waals surface area contributed by atoms with Gasteiger partial charge in [0.05, 0.1) is 6.04 Å². The second-order valence-electron chi connectivity index (χ2n) is 8.65. The van der Waals surface area contributed by atoms with Crippen molar-refractivity contribution in [2.45, 2.75) is 72.1 Å². The summed E-state index contributed by atoms with van der Waals surface area (Å²) in [6.45, 7) is 11.1. The summed E-state index contributed by atoms with van der Waals surface area (Å²) in [5.41, 5.74) is 4.10. The molecule has 32 heavy (non-hydrogen) atoms. The lowest BCUT2D eigenvalue weighted by molar-refractivity contribution is 0.0928. The molecule has 0 spiro atoms. The van der Waals surface area contributed by atoms with Crippen molar-refractivity contribution in [2.24, 2.45) is 0 Å². The van der Waals surface area contributed by atoms with E-state index in [9.17, 15) is 4.79 Å². The minimum absolute atomic E-state index is 0.0469. The van der Waals surface area contributed by atoms with E-state index in [0.29, 0.717) is 17.5 Å². The maximum absolute atomic E-state index is 12.8. The van der Waals surface area contributed by atoms with Gasteiger partial charge < -0.3 is 10.1 Å². The number of hydrogen-bond donors (Lipinski definition) is 1. The van der Waals surface area contributed by atoms with E-state index in [1.807, 2.05) is 12.1 Å². The number of rotatable bonds is 10. The Morgan fingerprint density at radius 2 is 1.53 bits per heavy atom. The SMILES string of the molecule is CCC(C)c1ccc(C(CC)NC(=O)c2ccn(COc3ccc(C(C)C)cc3)n2)cc1. The van der Waals surface area contributed by atoms with Gasteiger partial charge in [-0.1, -0.05) is 71.0 Å². The second-order valence-corrected chi connectivity index (χ2v) is 8.65. The zero-order valence-corrected chi connectivity index (χ0v) is 19.8. The summed E-state index contributed by atoms with van der Waals surface area (Å²) in [4.78, 5) is 12.8. The van der Waals surface area contributed by atoms with Gasteiger partial charge in [0.2, 0.25) is 0 Å². The molecule has 1 amide bonds. The van der Waals surface area contributed by atoms with Gasteiger partial charge in [-0.3, -0.25) is 4.79 Å². The Bertz CT molecular complexity index is 991. The van der Waals surface area contributed by atoms with Gasteiger partial charge in [-0.05, 0) is 59.6 Å². The normalized spacial score (nSPS) is 13.1. The predicted octanol–water partition coefficient (Wildman–Crippen LogP) is 6.44. The number of nitrogens with zero attached hydrogens (tertiary/aromatic N) is 2. The maximum atomic E-state index is 12.8. The van der Waals surface area contributed by atoms with Crippen molar-refractivity contribution < 1.29 is 9.53 Å². The van der Waals surface area contributed by atoms with Crippen molar-refractivity contribution in [3.8, 4) is 5.75 Å². The van der Waals surface area contributed by atoms with Crippen molar-refractivity contribution >= 4 is 5.91 Å². The Kier molecular flexibility index (Phi) is 8.09. The Morgan fingerprint density at radius 3 is 2.12 bits per heavy atom. The lowest BCUT2D eigenvalue weighted by Crippen LogP contribution is -2.28. The van der Waals surface area contributed by atoms with Crippen LogP contribution < -0.4 is 10.1 Å². The van der Waals surface area contributed by atoms with E-state index in [0.717, 1.165) is 24.2 Å². The fraction of sp³-hybridized carbons (Fsp3) is 0.407. The predicted molar refractivity (Wildman–Crippen MR) is 129 cm³/mol. The topological polar surface area (TPSA) is 56.2 Å². The van der Waals surface area contributed by atoms with E-state index in [1.165, 1.54) is 11.1 Å². The molecule has 1 heterocycles. The molecule has 0 fully saturated rings. The second kappa shape index (κ2) is 11.0. The van der Waals surface area contributed by atoms with Crippen LogP contribution in [-0.4, -0.2) is 15.7 Å². The number of aromatic nitrogens is 2. The van der Waals surface area contributed by atoms with Crippen LogP contribution in [0.1, 0.15) is 92.5 Å². The molecule has 0 aliphatic heterocycles. The average molecular weight is 434 g/mol. The van der Waals surface area contributed by atoms with Gasteiger partial charge in [0.1, 0.15) is 11.4 Å². The van der Waals surface area contributed by atoms with Crippen molar-refractivity contribution in [1.82, 2.24) is 15.1 Å². The molecule has 3 aromatic rings. The summed E-state index contributed by atoms with van der Waals surface area (Å²) < 4.78 is 7.43. The quantitative estimate of drug-likeness (QED) is 0.400. The molecule has 3 rings (SSSR count). The van der Waals surface area contributed by atoms with Crippen LogP contribution in [0.2, 0.25) is 0 Å². The minimum Gasteiger partial charge on any atom is -0.471 e. The first kappa shape index (κ1) is 23.6. The van der Waals surface area contributed by atoms with Gasteiger partial charge >= 0.3 is 0 Å². The van der Waals surface area contributed by atoms with Crippen LogP contribution in [0.15, 0.2) is 60.8 Å². The van der Waals surface area contributed by atoms with Gasteiger partial charge in [0.15, 0.2) is 6.73 Å². The van der Waals surface area contributed by atoms with Crippen LogP contribution in [0.25, 0.3) is 0 Å². The largest absolute Gasteiger partial charge is 0.471 e. The Morgan fingerprint density at radius 1 is 0.906 bits per heavy atom. The summed E-state index contributed by atoms with van der Waals surface area (Å²) in [5, 5.41) is 7.49. The number of nitrogens with one attached hydrogen (secondary N) is 1. The van der Waals surface area contributed by atoms with E-state index in [-0.39, 0.29) is 18.7 Å². The lowest BCUT2D eigenvalue weighted by atomic mass is 9.95. The molecule has 2 aromatic carbocycles. The first-order valence-corrected chi connectivity index (χ1v) is 11.6. The summed E-state index contributed by atoms with van der Waals surface area (Å²) in [6, 6.07) is 18.3. The number of carbonyl (C=O) groups excluding carboxylic acids is 1. The third-order valence-electron chi connectivity index (χ3n) is 6.02. The van der Waals surface area contributed by atoms with Gasteiger partial charge in [-0.2, -0.15) is 5.10 Å². The van der Waals surface area contributed by atoms with Crippen LogP contribution in [0.4, 0.5) is 0 Å². The molecule has 1 aromatic heterocycles. The zero-order chi connectivity index (χ0) is 23.1. The van der Waals surface area contributed by atoms with Crippen molar-refractivity contribution in [2.75, 3.05) is 0 Å². The lowest BCUT2D eigenvalue weighted by Gasteiger charge is -2.18. The molecular formula is C27H35N3O2. The highest BCUT2D eigenvalue weighted by molar-refractivity contribution is 5.92. The number of ether oxygens (including phenoxy) is 1. The van der Waals surface area contributed by atoms with E-state index in [1.54, 1.807) is 16.9 Å². The maximum Gasteiger partial charge on any atom is 0.272 e. The van der Waals surface area contributed by atoms with Gasteiger partial charge in [-0.25, -0.2) is 4.68 Å². The third-order valence-corrected chi connectivity index (χ3v) is 6.02. The molecule has 0 radical (unpaired) electrons. The summed E-state index contributed by atoms with van der Waals surface area (Å²) in [7, 11) is 0. The molecule has 0 saturated carbocycles. The van der Waals surface area contributed by atoms with Crippen LogP contribution in [0.3, 0.4) is 0 Å². The molecule has 0 aliphatic carbocycles. The summed E-state index contributed by atoms with van der Waals surface area (Å²) >= 11 is 0. The van der Waals surface area contributed by atoms with Crippen LogP contribution in [-0.2, 0) is 6.73 Å². The molecule has 170 valence electrons. The van der Waals surface area contributed by atoms with Crippen LogP contribution in [0.5, 0.6) is 5.75 Å². The Labute approximate surface area is 191 Å². The number of amides is 1. The molecule has 2 unspecified atom stereocenters. The molecule has 5 nitrogen and oxygen atoms in total. The third kappa shape index (κ3) is 6.00. The molecule has 0 bridgehead atoms. The number of hydrogen-bond acceptors (Lipinski definition) is 3. The Balaban J connectivity index is 1.58. The molecule has 0 saturated heterocycles. The highest BCUT2D eigenvalue weighted by atomic mass is 16.5. The molecular weight excluding hydrogens is 398 g/mol. The monoisotopic (exact) mass is 433 g/mol. The number of benzene rings is 2. The van der Waals surface area contributed by atoms with Crippen molar-refractivity contribution in [3.63, 3.8) is 0 Å². The van der Waals surface area contributed by atoms with Gasteiger partial charge in [0, 0.05) is 6.20 Å². The first-order valence-electron chi connectivity index (χ1n) is 11.6. The highest BCUT2D eigenvalue weighted by Gasteiger charge is 2.17. The Hall–Kier alpha value is -3.08. The zero-order valence-electron chi connectivity index (χ0n) is 19.8. The van der Waals surface area contributed by atoms with Gasteiger partial charge in [-0.15, -0.1) is 0 Å². The van der Waals surface area contributed by atoms with Crippen molar-refractivity contribution in [1.29, 1.82) is 0 Å². The molecule has 2 atom stereocenters. The standard InChI is InChI=1S/C27H35N3O2/c1-6-20(5)22-8-10-23(11-9-22)25(7-2)28-27(31)26-16-17-30(29-26)18-32-24-14-12-21(13-15-24)19(3)4/h8-17,19-20,25H,6-7,18H2,1-5H3,(H,28,31). The fourth-order valence-corrected chi connectivity index (χ4v) is 3.59. The van der Waals surface area contributed by atoms with Crippen LogP contribution >= 0.6 is 0 Å². The smallest absolute Gasteiger partial charge is 0.272 e. The highest BCUT2D eigenvalue weighted by Crippen LogP contribution is 2.23. The van der Waals surface area contributed by atoms with Crippen LogP contribution in [0, 0.1) is 0 Å². The van der Waals surface area contributed by atoms with Crippen molar-refractivity contribution in [3.05, 3.63) is 83.2 Å². The average Bonchev–Trinajstić information content (AvgIpc) is 3.30. The molecule has 5 heteroatoms. The molecule has 1 N–H and O–H groups in total. The summed E-state index contributed by atoms with van der Waals surface area (Å²) in [6.07, 6.45) is 3.69. The summed E-state index contributed by atoms with van der Waals surface area (Å²) in [5.74, 6) is 1.63. The first-order chi connectivity index (χ1) is 15.4. The van der Waals surface area contributed by atoms with E-state index in [4.69, 9.17) is 4.74 Å². The van der Waals surface area contributed by atoms with E-state index >= 15 is 0 Å². The minimum atomic E-state index is -0.178. The van der Waals surface area contributed by atoms with E-state index in [2.05, 4.69) is 81.4 Å². The van der Waals surface area contributed by atoms with E-state index < -0.39 is 0 Å².